The zero-order valence-corrected chi connectivity index (χ0v) is 11.3. The molecule has 0 unspecified atom stereocenters. The smallest absolute Gasteiger partial charge is 0.339 e. The van der Waals surface area contributed by atoms with Gasteiger partial charge in [0, 0.05) is 13.3 Å². The minimum atomic E-state index is -0.352. The van der Waals surface area contributed by atoms with Crippen LogP contribution in [0.1, 0.15) is 18.9 Å². The molecule has 0 spiro atoms. The van der Waals surface area contributed by atoms with Gasteiger partial charge in [0.25, 0.3) is 0 Å². The lowest BCUT2D eigenvalue weighted by molar-refractivity contribution is -0.141. The van der Waals surface area contributed by atoms with E-state index in [4.69, 9.17) is 9.47 Å². The van der Waals surface area contributed by atoms with E-state index < -0.39 is 0 Å². The fourth-order valence-corrected chi connectivity index (χ4v) is 1.97. The van der Waals surface area contributed by atoms with Gasteiger partial charge in [-0.3, -0.25) is 4.79 Å². The zero-order chi connectivity index (χ0) is 14.5. The molecule has 0 aliphatic carbocycles. The van der Waals surface area contributed by atoms with Crippen molar-refractivity contribution in [2.45, 2.75) is 19.4 Å². The quantitative estimate of drug-likeness (QED) is 0.610. The number of benzene rings is 1. The second-order valence-electron chi connectivity index (χ2n) is 4.62. The summed E-state index contributed by atoms with van der Waals surface area (Å²) in [4.78, 5) is 22.5. The molecule has 1 aromatic carbocycles. The lowest BCUT2D eigenvalue weighted by Gasteiger charge is -2.10. The molecule has 0 amide bonds. The van der Waals surface area contributed by atoms with E-state index in [2.05, 4.69) is 6.58 Å². The Bertz CT molecular complexity index is 557. The molecule has 1 aliphatic rings. The van der Waals surface area contributed by atoms with Crippen LogP contribution >= 0.6 is 0 Å². The van der Waals surface area contributed by atoms with Gasteiger partial charge in [0.1, 0.15) is 12.7 Å². The zero-order valence-electron chi connectivity index (χ0n) is 11.3. The van der Waals surface area contributed by atoms with Crippen LogP contribution < -0.4 is 0 Å². The van der Waals surface area contributed by atoms with Crippen molar-refractivity contribution in [3.63, 3.8) is 0 Å². The normalized spacial score (nSPS) is 17.4. The molecule has 104 valence electrons. The van der Waals surface area contributed by atoms with Crippen molar-refractivity contribution in [1.82, 2.24) is 0 Å². The first-order valence-corrected chi connectivity index (χ1v) is 6.34. The standard InChI is InChI=1S/C16H16O4/c1-11(10-19-12(2)17)8-14-9-15(16(18)20-14)13-6-4-3-5-7-13/h3-7,9,14H,1,8,10H2,2H3/t14-/m1/s1. The summed E-state index contributed by atoms with van der Waals surface area (Å²) in [5.41, 5.74) is 2.12. The molecule has 0 radical (unpaired) electrons. The fourth-order valence-electron chi connectivity index (χ4n) is 1.97. The van der Waals surface area contributed by atoms with Crippen LogP contribution in [-0.2, 0) is 19.1 Å². The molecule has 0 N–H and O–H groups in total. The first-order chi connectivity index (χ1) is 9.56. The van der Waals surface area contributed by atoms with Gasteiger partial charge in [0.05, 0.1) is 5.57 Å². The van der Waals surface area contributed by atoms with Gasteiger partial charge in [0.2, 0.25) is 0 Å². The van der Waals surface area contributed by atoms with Crippen LogP contribution in [0.5, 0.6) is 0 Å². The van der Waals surface area contributed by atoms with E-state index in [0.29, 0.717) is 17.6 Å². The van der Waals surface area contributed by atoms with Crippen molar-refractivity contribution in [1.29, 1.82) is 0 Å². The number of hydrogen-bond acceptors (Lipinski definition) is 4. The minimum absolute atomic E-state index is 0.151. The van der Waals surface area contributed by atoms with Gasteiger partial charge in [-0.25, -0.2) is 4.79 Å². The van der Waals surface area contributed by atoms with Gasteiger partial charge >= 0.3 is 11.9 Å². The molecular formula is C16H16O4. The first kappa shape index (κ1) is 14.1. The van der Waals surface area contributed by atoms with Crippen LogP contribution in [0.2, 0.25) is 0 Å². The number of carbonyl (C=O) groups excluding carboxylic acids is 2. The monoisotopic (exact) mass is 272 g/mol. The molecule has 0 saturated carbocycles. The van der Waals surface area contributed by atoms with Gasteiger partial charge in [-0.15, -0.1) is 0 Å². The number of carbonyl (C=O) groups is 2. The van der Waals surface area contributed by atoms with Crippen LogP contribution in [0.25, 0.3) is 5.57 Å². The van der Waals surface area contributed by atoms with E-state index in [1.807, 2.05) is 30.3 Å². The Morgan fingerprint density at radius 3 is 2.70 bits per heavy atom. The Hall–Kier alpha value is -2.36. The van der Waals surface area contributed by atoms with Crippen molar-refractivity contribution in [2.75, 3.05) is 6.61 Å². The first-order valence-electron chi connectivity index (χ1n) is 6.34. The number of esters is 2. The van der Waals surface area contributed by atoms with Crippen molar-refractivity contribution in [2.24, 2.45) is 0 Å². The van der Waals surface area contributed by atoms with E-state index in [1.54, 1.807) is 6.08 Å². The van der Waals surface area contributed by atoms with E-state index in [9.17, 15) is 9.59 Å². The highest BCUT2D eigenvalue weighted by Crippen LogP contribution is 2.26. The number of ether oxygens (including phenoxy) is 2. The third kappa shape index (κ3) is 3.57. The van der Waals surface area contributed by atoms with Gasteiger partial charge < -0.3 is 9.47 Å². The van der Waals surface area contributed by atoms with Crippen LogP contribution in [0.4, 0.5) is 0 Å². The number of hydrogen-bond donors (Lipinski definition) is 0. The Kier molecular flexibility index (Phi) is 4.35. The molecule has 4 heteroatoms. The van der Waals surface area contributed by atoms with Crippen LogP contribution in [0.3, 0.4) is 0 Å². The third-order valence-corrected chi connectivity index (χ3v) is 2.89. The molecule has 0 saturated heterocycles. The topological polar surface area (TPSA) is 52.6 Å². The Morgan fingerprint density at radius 1 is 1.35 bits per heavy atom. The van der Waals surface area contributed by atoms with E-state index in [0.717, 1.165) is 5.56 Å². The fraction of sp³-hybridized carbons (Fsp3) is 0.250. The van der Waals surface area contributed by atoms with E-state index >= 15 is 0 Å². The highest BCUT2D eigenvalue weighted by atomic mass is 16.5. The molecule has 0 bridgehead atoms. The highest BCUT2D eigenvalue weighted by Gasteiger charge is 2.26. The molecule has 1 aliphatic heterocycles. The highest BCUT2D eigenvalue weighted by molar-refractivity contribution is 6.18. The molecule has 1 aromatic rings. The van der Waals surface area contributed by atoms with Crippen LogP contribution in [0.15, 0.2) is 48.6 Å². The summed E-state index contributed by atoms with van der Waals surface area (Å²) in [7, 11) is 0. The van der Waals surface area contributed by atoms with Crippen LogP contribution in [-0.4, -0.2) is 24.6 Å². The maximum absolute atomic E-state index is 11.8. The van der Waals surface area contributed by atoms with Gasteiger partial charge in [-0.1, -0.05) is 36.9 Å². The summed E-state index contributed by atoms with van der Waals surface area (Å²) in [6.45, 7) is 5.31. The molecular weight excluding hydrogens is 256 g/mol. The molecule has 0 aromatic heterocycles. The minimum Gasteiger partial charge on any atom is -0.461 e. The Balaban J connectivity index is 1.99. The SMILES string of the molecule is C=C(COC(C)=O)C[C@@H]1C=C(c2ccccc2)C(=O)O1. The van der Waals surface area contributed by atoms with Crippen molar-refractivity contribution < 1.29 is 19.1 Å². The van der Waals surface area contributed by atoms with Gasteiger partial charge in [0.15, 0.2) is 0 Å². The predicted molar refractivity (Wildman–Crippen MR) is 74.7 cm³/mol. The summed E-state index contributed by atoms with van der Waals surface area (Å²) in [6, 6.07) is 9.36. The predicted octanol–water partition coefficient (Wildman–Crippen LogP) is 2.50. The van der Waals surface area contributed by atoms with Crippen molar-refractivity contribution in [3.05, 3.63) is 54.1 Å². The number of rotatable bonds is 5. The lowest BCUT2D eigenvalue weighted by Crippen LogP contribution is -2.12. The Morgan fingerprint density at radius 2 is 2.05 bits per heavy atom. The summed E-state index contributed by atoms with van der Waals surface area (Å²) >= 11 is 0. The molecule has 1 atom stereocenters. The summed E-state index contributed by atoms with van der Waals surface area (Å²) in [6.07, 6.45) is 1.90. The van der Waals surface area contributed by atoms with Crippen molar-refractivity contribution in [3.8, 4) is 0 Å². The second kappa shape index (κ2) is 6.19. The van der Waals surface area contributed by atoms with E-state index in [1.165, 1.54) is 6.92 Å². The van der Waals surface area contributed by atoms with Gasteiger partial charge in [-0.05, 0) is 17.2 Å². The maximum Gasteiger partial charge on any atom is 0.339 e. The lowest BCUT2D eigenvalue weighted by atomic mass is 10.0. The number of cyclic esters (lactones) is 1. The molecule has 2 rings (SSSR count). The summed E-state index contributed by atoms with van der Waals surface area (Å²) < 4.78 is 10.1. The summed E-state index contributed by atoms with van der Waals surface area (Å²) in [5.74, 6) is -0.684. The summed E-state index contributed by atoms with van der Waals surface area (Å²) in [5, 5.41) is 0. The van der Waals surface area contributed by atoms with Crippen molar-refractivity contribution >= 4 is 17.5 Å². The molecule has 1 heterocycles. The Labute approximate surface area is 117 Å². The average molecular weight is 272 g/mol. The molecule has 20 heavy (non-hydrogen) atoms. The van der Waals surface area contributed by atoms with Gasteiger partial charge in [-0.2, -0.15) is 0 Å². The van der Waals surface area contributed by atoms with E-state index in [-0.39, 0.29) is 24.6 Å². The third-order valence-electron chi connectivity index (χ3n) is 2.89. The average Bonchev–Trinajstić information content (AvgIpc) is 2.78. The molecule has 0 fully saturated rings. The molecule has 4 nitrogen and oxygen atoms in total. The second-order valence-corrected chi connectivity index (χ2v) is 4.62. The maximum atomic E-state index is 11.8. The largest absolute Gasteiger partial charge is 0.461 e. The van der Waals surface area contributed by atoms with Crippen LogP contribution in [0, 0.1) is 0 Å².